The number of aliphatic hydroxyl groups excluding tert-OH is 1. The van der Waals surface area contributed by atoms with Crippen LogP contribution < -0.4 is 5.32 Å². The van der Waals surface area contributed by atoms with Crippen molar-refractivity contribution in [3.05, 3.63) is 0 Å². The lowest BCUT2D eigenvalue weighted by molar-refractivity contribution is 0.0339. The van der Waals surface area contributed by atoms with Crippen LogP contribution in [0.1, 0.15) is 78.6 Å². The van der Waals surface area contributed by atoms with Gasteiger partial charge in [-0.25, -0.2) is 0 Å². The molecule has 0 aliphatic carbocycles. The van der Waals surface area contributed by atoms with Crippen molar-refractivity contribution in [3.8, 4) is 0 Å². The maximum atomic E-state index is 9.85. The predicted molar refractivity (Wildman–Crippen MR) is 87.2 cm³/mol. The minimum atomic E-state index is -0.374. The van der Waals surface area contributed by atoms with Gasteiger partial charge >= 0.3 is 0 Å². The van der Waals surface area contributed by atoms with E-state index in [0.717, 1.165) is 19.4 Å². The fraction of sp³-hybridized carbons (Fsp3) is 1.00. The van der Waals surface area contributed by atoms with Crippen LogP contribution in [0.15, 0.2) is 0 Å². The van der Waals surface area contributed by atoms with Crippen molar-refractivity contribution in [2.45, 2.75) is 90.7 Å². The SMILES string of the molecule is CCCCCCCCOCC(O)CNC(CC)CCC. The Morgan fingerprint density at radius 1 is 0.950 bits per heavy atom. The maximum absolute atomic E-state index is 9.85. The van der Waals surface area contributed by atoms with Crippen molar-refractivity contribution in [3.63, 3.8) is 0 Å². The molecule has 2 atom stereocenters. The molecule has 0 saturated carbocycles. The fourth-order valence-corrected chi connectivity index (χ4v) is 2.36. The first-order chi connectivity index (χ1) is 9.74. The summed E-state index contributed by atoms with van der Waals surface area (Å²) in [5.41, 5.74) is 0. The summed E-state index contributed by atoms with van der Waals surface area (Å²) in [6.45, 7) is 8.52. The van der Waals surface area contributed by atoms with Gasteiger partial charge in [0.1, 0.15) is 0 Å². The molecule has 0 aliphatic heterocycles. The molecule has 122 valence electrons. The Kier molecular flexibility index (Phi) is 15.2. The molecule has 2 N–H and O–H groups in total. The predicted octanol–water partition coefficient (Wildman–Crippen LogP) is 3.89. The minimum absolute atomic E-state index is 0.374. The van der Waals surface area contributed by atoms with Gasteiger partial charge in [-0.15, -0.1) is 0 Å². The van der Waals surface area contributed by atoms with Crippen molar-refractivity contribution in [2.75, 3.05) is 19.8 Å². The highest BCUT2D eigenvalue weighted by Crippen LogP contribution is 2.05. The molecule has 0 aliphatic rings. The van der Waals surface area contributed by atoms with Gasteiger partial charge in [0.15, 0.2) is 0 Å². The monoisotopic (exact) mass is 287 g/mol. The number of unbranched alkanes of at least 4 members (excludes halogenated alkanes) is 5. The first-order valence-corrected chi connectivity index (χ1v) is 8.73. The van der Waals surface area contributed by atoms with Crippen LogP contribution in [0, 0.1) is 0 Å². The second-order valence-electron chi connectivity index (χ2n) is 5.80. The van der Waals surface area contributed by atoms with E-state index in [1.54, 1.807) is 0 Å². The van der Waals surface area contributed by atoms with Gasteiger partial charge in [0.25, 0.3) is 0 Å². The Bertz CT molecular complexity index is 188. The fourth-order valence-electron chi connectivity index (χ4n) is 2.36. The van der Waals surface area contributed by atoms with Gasteiger partial charge in [-0.2, -0.15) is 0 Å². The number of rotatable bonds is 15. The maximum Gasteiger partial charge on any atom is 0.0897 e. The van der Waals surface area contributed by atoms with Gasteiger partial charge in [-0.3, -0.25) is 0 Å². The zero-order valence-electron chi connectivity index (χ0n) is 14.0. The first kappa shape index (κ1) is 19.9. The van der Waals surface area contributed by atoms with E-state index in [-0.39, 0.29) is 6.10 Å². The standard InChI is InChI=1S/C17H37NO2/c1-4-7-8-9-10-11-13-20-15-17(19)14-18-16(6-3)12-5-2/h16-19H,4-15H2,1-3H3. The van der Waals surface area contributed by atoms with E-state index in [9.17, 15) is 5.11 Å². The number of aliphatic hydroxyl groups is 1. The van der Waals surface area contributed by atoms with Crippen LogP contribution in [0.5, 0.6) is 0 Å². The number of ether oxygens (including phenoxy) is 1. The van der Waals surface area contributed by atoms with Crippen LogP contribution in [0.2, 0.25) is 0 Å². The van der Waals surface area contributed by atoms with Gasteiger partial charge in [0, 0.05) is 19.2 Å². The lowest BCUT2D eigenvalue weighted by Gasteiger charge is -2.19. The molecule has 20 heavy (non-hydrogen) atoms. The molecule has 0 rings (SSSR count). The quantitative estimate of drug-likeness (QED) is 0.449. The number of nitrogens with one attached hydrogen (secondary N) is 1. The third kappa shape index (κ3) is 12.9. The van der Waals surface area contributed by atoms with Gasteiger partial charge < -0.3 is 15.2 Å². The second-order valence-corrected chi connectivity index (χ2v) is 5.80. The van der Waals surface area contributed by atoms with Crippen molar-refractivity contribution in [2.24, 2.45) is 0 Å². The Labute approximate surface area is 126 Å². The van der Waals surface area contributed by atoms with E-state index in [2.05, 4.69) is 26.1 Å². The summed E-state index contributed by atoms with van der Waals surface area (Å²) < 4.78 is 5.54. The Morgan fingerprint density at radius 3 is 2.30 bits per heavy atom. The van der Waals surface area contributed by atoms with Gasteiger partial charge in [0.2, 0.25) is 0 Å². The zero-order chi connectivity index (χ0) is 15.1. The highest BCUT2D eigenvalue weighted by Gasteiger charge is 2.08. The largest absolute Gasteiger partial charge is 0.389 e. The molecule has 0 amide bonds. The van der Waals surface area contributed by atoms with Gasteiger partial charge in [0.05, 0.1) is 12.7 Å². The molecule has 0 radical (unpaired) electrons. The average Bonchev–Trinajstić information content (AvgIpc) is 2.46. The Hall–Kier alpha value is -0.120. The summed E-state index contributed by atoms with van der Waals surface area (Å²) >= 11 is 0. The lowest BCUT2D eigenvalue weighted by Crippen LogP contribution is -2.37. The minimum Gasteiger partial charge on any atom is -0.389 e. The molecular formula is C17H37NO2. The topological polar surface area (TPSA) is 41.5 Å². The van der Waals surface area contributed by atoms with E-state index in [1.807, 2.05) is 0 Å². The third-order valence-corrected chi connectivity index (χ3v) is 3.72. The van der Waals surface area contributed by atoms with E-state index >= 15 is 0 Å². The summed E-state index contributed by atoms with van der Waals surface area (Å²) in [6.07, 6.45) is 10.8. The highest BCUT2D eigenvalue weighted by molar-refractivity contribution is 4.67. The molecule has 0 saturated heterocycles. The summed E-state index contributed by atoms with van der Waals surface area (Å²) in [7, 11) is 0. The van der Waals surface area contributed by atoms with Crippen LogP contribution in [0.3, 0.4) is 0 Å². The summed E-state index contributed by atoms with van der Waals surface area (Å²) in [4.78, 5) is 0. The molecule has 3 nitrogen and oxygen atoms in total. The Morgan fingerprint density at radius 2 is 1.65 bits per heavy atom. The van der Waals surface area contributed by atoms with E-state index in [1.165, 1.54) is 44.9 Å². The second kappa shape index (κ2) is 15.3. The van der Waals surface area contributed by atoms with Crippen molar-refractivity contribution in [1.82, 2.24) is 5.32 Å². The zero-order valence-corrected chi connectivity index (χ0v) is 14.0. The molecule has 0 fully saturated rings. The van der Waals surface area contributed by atoms with Crippen LogP contribution >= 0.6 is 0 Å². The molecular weight excluding hydrogens is 250 g/mol. The molecule has 2 unspecified atom stereocenters. The molecule has 0 aromatic heterocycles. The van der Waals surface area contributed by atoms with Crippen molar-refractivity contribution in [1.29, 1.82) is 0 Å². The molecule has 0 aromatic rings. The van der Waals surface area contributed by atoms with Crippen molar-refractivity contribution < 1.29 is 9.84 Å². The summed E-state index contributed by atoms with van der Waals surface area (Å²) in [5, 5.41) is 13.3. The first-order valence-electron chi connectivity index (χ1n) is 8.73. The van der Waals surface area contributed by atoms with Gasteiger partial charge in [-0.05, 0) is 19.3 Å². The number of hydrogen-bond acceptors (Lipinski definition) is 3. The van der Waals surface area contributed by atoms with Crippen LogP contribution in [0.25, 0.3) is 0 Å². The van der Waals surface area contributed by atoms with Gasteiger partial charge in [-0.1, -0.05) is 59.3 Å². The van der Waals surface area contributed by atoms with Crippen LogP contribution in [-0.4, -0.2) is 37.0 Å². The van der Waals surface area contributed by atoms with Crippen molar-refractivity contribution >= 4 is 0 Å². The highest BCUT2D eigenvalue weighted by atomic mass is 16.5. The Balaban J connectivity index is 3.33. The molecule has 0 heterocycles. The van der Waals surface area contributed by atoms with E-state index in [0.29, 0.717) is 19.2 Å². The molecule has 0 aromatic carbocycles. The molecule has 0 bridgehead atoms. The lowest BCUT2D eigenvalue weighted by atomic mass is 10.1. The van der Waals surface area contributed by atoms with E-state index < -0.39 is 0 Å². The normalized spacial score (nSPS) is 14.4. The molecule has 3 heteroatoms. The molecule has 0 spiro atoms. The van der Waals surface area contributed by atoms with Crippen LogP contribution in [-0.2, 0) is 4.74 Å². The smallest absolute Gasteiger partial charge is 0.0897 e. The van der Waals surface area contributed by atoms with E-state index in [4.69, 9.17) is 4.74 Å². The summed E-state index contributed by atoms with van der Waals surface area (Å²) in [6, 6.07) is 0.535. The average molecular weight is 287 g/mol. The van der Waals surface area contributed by atoms with Crippen LogP contribution in [0.4, 0.5) is 0 Å². The third-order valence-electron chi connectivity index (χ3n) is 3.72. The number of hydrogen-bond donors (Lipinski definition) is 2. The summed E-state index contributed by atoms with van der Waals surface area (Å²) in [5.74, 6) is 0.